The number of rotatable bonds is 4. The Morgan fingerprint density at radius 2 is 1.94 bits per heavy atom. The van der Waals surface area contributed by atoms with Crippen molar-refractivity contribution in [2.24, 2.45) is 0 Å². The molecule has 0 unspecified atom stereocenters. The summed E-state index contributed by atoms with van der Waals surface area (Å²) >= 11 is 5.83. The van der Waals surface area contributed by atoms with Crippen LogP contribution >= 0.6 is 11.6 Å². The van der Waals surface area contributed by atoms with Gasteiger partial charge < -0.3 is 4.74 Å². The van der Waals surface area contributed by atoms with E-state index in [0.717, 1.165) is 22.7 Å². The summed E-state index contributed by atoms with van der Waals surface area (Å²) in [5.74, 6) is 1.09. The van der Waals surface area contributed by atoms with E-state index >= 15 is 0 Å². The summed E-state index contributed by atoms with van der Waals surface area (Å²) in [4.78, 5) is 8.29. The molecule has 0 spiro atoms. The van der Waals surface area contributed by atoms with E-state index < -0.39 is 0 Å². The van der Waals surface area contributed by atoms with Gasteiger partial charge in [-0.2, -0.15) is 0 Å². The monoisotopic (exact) mass is 248 g/mol. The summed E-state index contributed by atoms with van der Waals surface area (Å²) in [6.07, 6.45) is 3.49. The first-order valence-electron chi connectivity index (χ1n) is 5.34. The molecule has 0 aliphatic heterocycles. The molecule has 0 fully saturated rings. The average Bonchev–Trinajstić information content (AvgIpc) is 2.38. The number of ether oxygens (including phenoxy) is 1. The molecule has 0 amide bonds. The highest BCUT2D eigenvalue weighted by atomic mass is 35.5. The predicted molar refractivity (Wildman–Crippen MR) is 67.1 cm³/mol. The third-order valence-electron chi connectivity index (χ3n) is 2.34. The Bertz CT molecular complexity index is 488. The molecule has 3 nitrogen and oxygen atoms in total. The zero-order chi connectivity index (χ0) is 12.1. The van der Waals surface area contributed by atoms with E-state index in [1.807, 2.05) is 31.2 Å². The maximum atomic E-state index is 5.83. The van der Waals surface area contributed by atoms with Crippen molar-refractivity contribution in [3.05, 3.63) is 53.6 Å². The highest BCUT2D eigenvalue weighted by Gasteiger charge is 2.04. The molecule has 0 saturated heterocycles. The van der Waals surface area contributed by atoms with Gasteiger partial charge in [0, 0.05) is 18.1 Å². The van der Waals surface area contributed by atoms with Crippen molar-refractivity contribution in [3.8, 4) is 5.75 Å². The van der Waals surface area contributed by atoms with Crippen molar-refractivity contribution < 1.29 is 4.74 Å². The molecule has 0 saturated carbocycles. The molecule has 4 heteroatoms. The number of aromatic nitrogens is 2. The maximum absolute atomic E-state index is 5.83. The molecule has 2 heterocycles. The van der Waals surface area contributed by atoms with Crippen molar-refractivity contribution in [3.63, 3.8) is 0 Å². The average molecular weight is 249 g/mol. The molecule has 0 N–H and O–H groups in total. The van der Waals surface area contributed by atoms with E-state index in [4.69, 9.17) is 16.3 Å². The number of pyridine rings is 2. The van der Waals surface area contributed by atoms with Crippen LogP contribution in [-0.4, -0.2) is 9.97 Å². The van der Waals surface area contributed by atoms with Crippen molar-refractivity contribution in [1.82, 2.24) is 9.97 Å². The van der Waals surface area contributed by atoms with Gasteiger partial charge in [0.15, 0.2) is 0 Å². The van der Waals surface area contributed by atoms with Gasteiger partial charge in [0.25, 0.3) is 0 Å². The lowest BCUT2D eigenvalue weighted by Crippen LogP contribution is -2.00. The number of alkyl halides is 1. The van der Waals surface area contributed by atoms with Crippen LogP contribution in [0.15, 0.2) is 36.7 Å². The van der Waals surface area contributed by atoms with Crippen LogP contribution in [0.25, 0.3) is 0 Å². The Kier molecular flexibility index (Phi) is 3.94. The van der Waals surface area contributed by atoms with Crippen LogP contribution in [0.4, 0.5) is 0 Å². The third-order valence-corrected chi connectivity index (χ3v) is 2.60. The maximum Gasteiger partial charge on any atom is 0.142 e. The van der Waals surface area contributed by atoms with Gasteiger partial charge in [0.05, 0.1) is 11.6 Å². The Morgan fingerprint density at radius 1 is 1.18 bits per heavy atom. The summed E-state index contributed by atoms with van der Waals surface area (Å²) in [5, 5.41) is 0. The summed E-state index contributed by atoms with van der Waals surface area (Å²) in [5.41, 5.74) is 2.79. The van der Waals surface area contributed by atoms with Crippen molar-refractivity contribution in [2.75, 3.05) is 0 Å². The standard InChI is InChI=1S/C13H13ClN2O/c1-10-2-3-13(12(8-14)16-10)17-9-11-4-6-15-7-5-11/h2-7H,8-9H2,1H3. The lowest BCUT2D eigenvalue weighted by molar-refractivity contribution is 0.302. The van der Waals surface area contributed by atoms with Crippen LogP contribution in [0.3, 0.4) is 0 Å². The van der Waals surface area contributed by atoms with Crippen LogP contribution in [-0.2, 0) is 12.5 Å². The third kappa shape index (κ3) is 3.17. The minimum atomic E-state index is 0.355. The van der Waals surface area contributed by atoms with Crippen molar-refractivity contribution >= 4 is 11.6 Å². The fraction of sp³-hybridized carbons (Fsp3) is 0.231. The lowest BCUT2D eigenvalue weighted by atomic mass is 10.3. The second kappa shape index (κ2) is 5.64. The zero-order valence-corrected chi connectivity index (χ0v) is 10.3. The van der Waals surface area contributed by atoms with E-state index in [0.29, 0.717) is 12.5 Å². The largest absolute Gasteiger partial charge is 0.487 e. The SMILES string of the molecule is Cc1ccc(OCc2ccncc2)c(CCl)n1. The van der Waals surface area contributed by atoms with Crippen LogP contribution in [0.5, 0.6) is 5.75 Å². The first-order valence-corrected chi connectivity index (χ1v) is 5.87. The van der Waals surface area contributed by atoms with E-state index in [2.05, 4.69) is 9.97 Å². The Balaban J connectivity index is 2.09. The highest BCUT2D eigenvalue weighted by molar-refractivity contribution is 6.17. The van der Waals surface area contributed by atoms with E-state index in [1.165, 1.54) is 0 Å². The van der Waals surface area contributed by atoms with Crippen molar-refractivity contribution in [2.45, 2.75) is 19.4 Å². The smallest absolute Gasteiger partial charge is 0.142 e. The molecule has 0 radical (unpaired) electrons. The van der Waals surface area contributed by atoms with Gasteiger partial charge in [0.2, 0.25) is 0 Å². The number of hydrogen-bond acceptors (Lipinski definition) is 3. The van der Waals surface area contributed by atoms with Gasteiger partial charge in [-0.3, -0.25) is 9.97 Å². The molecule has 2 aromatic rings. The van der Waals surface area contributed by atoms with E-state index in [1.54, 1.807) is 12.4 Å². The molecular formula is C13H13ClN2O. The number of halogens is 1. The Morgan fingerprint density at radius 3 is 2.65 bits per heavy atom. The normalized spacial score (nSPS) is 10.2. The quantitative estimate of drug-likeness (QED) is 0.780. The Labute approximate surface area is 105 Å². The summed E-state index contributed by atoms with van der Waals surface area (Å²) in [6.45, 7) is 2.43. The second-order valence-corrected chi connectivity index (χ2v) is 3.94. The van der Waals surface area contributed by atoms with Gasteiger partial charge in [0.1, 0.15) is 12.4 Å². The molecule has 0 bridgehead atoms. The predicted octanol–water partition coefficient (Wildman–Crippen LogP) is 3.10. The Hall–Kier alpha value is -1.61. The summed E-state index contributed by atoms with van der Waals surface area (Å²) < 4.78 is 5.69. The van der Waals surface area contributed by atoms with Crippen molar-refractivity contribution in [1.29, 1.82) is 0 Å². The minimum absolute atomic E-state index is 0.355. The van der Waals surface area contributed by atoms with Gasteiger partial charge in [-0.15, -0.1) is 11.6 Å². The summed E-state index contributed by atoms with van der Waals surface area (Å²) in [6, 6.07) is 7.66. The molecule has 0 aliphatic rings. The number of hydrogen-bond donors (Lipinski definition) is 0. The number of aryl methyl sites for hydroxylation is 1. The van der Waals surface area contributed by atoms with Gasteiger partial charge in [-0.1, -0.05) is 0 Å². The van der Waals surface area contributed by atoms with E-state index in [9.17, 15) is 0 Å². The lowest BCUT2D eigenvalue weighted by Gasteiger charge is -2.09. The fourth-order valence-electron chi connectivity index (χ4n) is 1.46. The molecule has 0 atom stereocenters. The van der Waals surface area contributed by atoms with Crippen LogP contribution in [0.1, 0.15) is 17.0 Å². The topological polar surface area (TPSA) is 35.0 Å². The van der Waals surface area contributed by atoms with Gasteiger partial charge in [-0.25, -0.2) is 0 Å². The molecular weight excluding hydrogens is 236 g/mol. The molecule has 17 heavy (non-hydrogen) atoms. The molecule has 2 rings (SSSR count). The molecule has 88 valence electrons. The zero-order valence-electron chi connectivity index (χ0n) is 9.56. The molecule has 0 aromatic carbocycles. The minimum Gasteiger partial charge on any atom is -0.487 e. The van der Waals surface area contributed by atoms with Gasteiger partial charge >= 0.3 is 0 Å². The highest BCUT2D eigenvalue weighted by Crippen LogP contribution is 2.19. The first-order chi connectivity index (χ1) is 8.29. The fourth-order valence-corrected chi connectivity index (χ4v) is 1.66. The van der Waals surface area contributed by atoms with Crippen LogP contribution in [0, 0.1) is 6.92 Å². The van der Waals surface area contributed by atoms with Gasteiger partial charge in [-0.05, 0) is 36.8 Å². The molecule has 0 aliphatic carbocycles. The number of nitrogens with zero attached hydrogens (tertiary/aromatic N) is 2. The summed E-state index contributed by atoms with van der Waals surface area (Å²) in [7, 11) is 0. The molecule has 2 aromatic heterocycles. The first kappa shape index (κ1) is 11.9. The van der Waals surface area contributed by atoms with Crippen LogP contribution < -0.4 is 4.74 Å². The second-order valence-electron chi connectivity index (χ2n) is 3.68. The van der Waals surface area contributed by atoms with Crippen LogP contribution in [0.2, 0.25) is 0 Å². The van der Waals surface area contributed by atoms with E-state index in [-0.39, 0.29) is 0 Å².